The first-order valence-electron chi connectivity index (χ1n) is 14.2. The quantitative estimate of drug-likeness (QED) is 0.368. The van der Waals surface area contributed by atoms with E-state index in [0.29, 0.717) is 6.61 Å². The molecule has 0 N–H and O–H groups in total. The van der Waals surface area contributed by atoms with Gasteiger partial charge in [0, 0.05) is 32.3 Å². The highest BCUT2D eigenvalue weighted by Gasteiger charge is 2.63. The third-order valence-electron chi connectivity index (χ3n) is 8.38. The van der Waals surface area contributed by atoms with Crippen LogP contribution in [-0.2, 0) is 28.4 Å². The molecule has 0 aromatic carbocycles. The van der Waals surface area contributed by atoms with Crippen molar-refractivity contribution in [1.82, 2.24) is 0 Å². The van der Waals surface area contributed by atoms with Crippen LogP contribution in [-0.4, -0.2) is 55.5 Å². The molecule has 5 atom stereocenters. The molecule has 3 heterocycles. The molecule has 2 spiro atoms. The van der Waals surface area contributed by atoms with Gasteiger partial charge in [-0.15, -0.1) is 0 Å². The van der Waals surface area contributed by atoms with Crippen molar-refractivity contribution in [3.8, 4) is 0 Å². The van der Waals surface area contributed by atoms with Crippen molar-refractivity contribution in [2.24, 2.45) is 0 Å². The molecule has 5 aliphatic rings. The molecule has 190 valence electrons. The minimum Gasteiger partial charge on any atom is -0.379 e. The number of rotatable bonds is 10. The molecule has 0 unspecified atom stereocenters. The summed E-state index contributed by atoms with van der Waals surface area (Å²) in [5, 5.41) is 0. The average Bonchev–Trinajstić information content (AvgIpc) is 3.37. The van der Waals surface area contributed by atoms with E-state index in [9.17, 15) is 0 Å². The highest BCUT2D eigenvalue weighted by atomic mass is 16.9. The largest absolute Gasteiger partial charge is 0.379 e. The lowest BCUT2D eigenvalue weighted by Gasteiger charge is -2.37. The molecule has 0 radical (unpaired) electrons. The summed E-state index contributed by atoms with van der Waals surface area (Å²) >= 11 is 0. The van der Waals surface area contributed by atoms with Gasteiger partial charge in [-0.25, -0.2) is 0 Å². The molecule has 2 saturated carbocycles. The van der Waals surface area contributed by atoms with Crippen molar-refractivity contribution in [3.05, 3.63) is 0 Å². The summed E-state index contributed by atoms with van der Waals surface area (Å²) in [5.74, 6) is -0.953. The summed E-state index contributed by atoms with van der Waals surface area (Å²) in [7, 11) is 0. The van der Waals surface area contributed by atoms with Crippen LogP contribution in [0.4, 0.5) is 0 Å². The maximum absolute atomic E-state index is 6.70. The number of ether oxygens (including phenoxy) is 6. The van der Waals surface area contributed by atoms with E-state index < -0.39 is 11.6 Å². The molecule has 5 fully saturated rings. The number of unbranched alkanes of at least 4 members (excludes halogenated alkanes) is 6. The molecule has 0 amide bonds. The average molecular weight is 467 g/mol. The predicted molar refractivity (Wildman–Crippen MR) is 125 cm³/mol. The zero-order chi connectivity index (χ0) is 22.6. The fourth-order valence-corrected chi connectivity index (χ4v) is 6.53. The Bertz CT molecular complexity index is 599. The van der Waals surface area contributed by atoms with Crippen molar-refractivity contribution < 1.29 is 28.4 Å². The topological polar surface area (TPSA) is 55.4 Å². The Morgan fingerprint density at radius 2 is 1.21 bits per heavy atom. The summed E-state index contributed by atoms with van der Waals surface area (Å²) in [6, 6.07) is 0. The maximum atomic E-state index is 6.70. The molecule has 6 nitrogen and oxygen atoms in total. The Hall–Kier alpha value is -0.240. The van der Waals surface area contributed by atoms with Crippen molar-refractivity contribution in [2.45, 2.75) is 158 Å². The van der Waals surface area contributed by atoms with Gasteiger partial charge in [0.1, 0.15) is 24.4 Å². The molecule has 0 aromatic rings. The molecular weight excluding hydrogens is 420 g/mol. The van der Waals surface area contributed by atoms with Crippen molar-refractivity contribution in [1.29, 1.82) is 0 Å². The Kier molecular flexibility index (Phi) is 8.31. The summed E-state index contributed by atoms with van der Waals surface area (Å²) < 4.78 is 39.0. The summed E-state index contributed by atoms with van der Waals surface area (Å²) in [6.45, 7) is 3.59. The van der Waals surface area contributed by atoms with Gasteiger partial charge in [0.25, 0.3) is 0 Å². The van der Waals surface area contributed by atoms with Gasteiger partial charge in [0.05, 0.1) is 6.61 Å². The van der Waals surface area contributed by atoms with E-state index >= 15 is 0 Å². The van der Waals surface area contributed by atoms with Crippen LogP contribution in [0.3, 0.4) is 0 Å². The van der Waals surface area contributed by atoms with E-state index in [0.717, 1.165) is 64.4 Å². The first-order chi connectivity index (χ1) is 16.2. The van der Waals surface area contributed by atoms with Crippen LogP contribution >= 0.6 is 0 Å². The molecule has 2 aliphatic carbocycles. The van der Waals surface area contributed by atoms with Gasteiger partial charge in [-0.1, -0.05) is 58.3 Å². The third kappa shape index (κ3) is 5.62. The molecule has 33 heavy (non-hydrogen) atoms. The van der Waals surface area contributed by atoms with Crippen molar-refractivity contribution >= 4 is 0 Å². The van der Waals surface area contributed by atoms with E-state index in [1.165, 1.54) is 51.4 Å². The molecule has 6 heteroatoms. The summed E-state index contributed by atoms with van der Waals surface area (Å²) in [6.07, 6.45) is 19.0. The van der Waals surface area contributed by atoms with Gasteiger partial charge in [-0.3, -0.25) is 0 Å². The van der Waals surface area contributed by atoms with E-state index in [1.54, 1.807) is 0 Å². The normalized spacial score (nSPS) is 36.8. The van der Waals surface area contributed by atoms with Gasteiger partial charge >= 0.3 is 0 Å². The van der Waals surface area contributed by atoms with E-state index in [2.05, 4.69) is 6.92 Å². The smallest absolute Gasteiger partial charge is 0.190 e. The maximum Gasteiger partial charge on any atom is 0.190 e. The van der Waals surface area contributed by atoms with Crippen LogP contribution < -0.4 is 0 Å². The van der Waals surface area contributed by atoms with Crippen LogP contribution in [0.25, 0.3) is 0 Å². The van der Waals surface area contributed by atoms with Crippen LogP contribution in [0.5, 0.6) is 0 Å². The van der Waals surface area contributed by atoms with Crippen molar-refractivity contribution in [2.75, 3.05) is 13.2 Å². The van der Waals surface area contributed by atoms with E-state index in [1.807, 2.05) is 0 Å². The second kappa shape index (κ2) is 11.2. The summed E-state index contributed by atoms with van der Waals surface area (Å²) in [5.41, 5.74) is 0. The second-order valence-corrected chi connectivity index (χ2v) is 11.0. The van der Waals surface area contributed by atoms with Gasteiger partial charge in [-0.05, 0) is 32.1 Å². The zero-order valence-corrected chi connectivity index (χ0v) is 20.8. The van der Waals surface area contributed by atoms with Gasteiger partial charge in [0.15, 0.2) is 17.9 Å². The van der Waals surface area contributed by atoms with Gasteiger partial charge in [0.2, 0.25) is 0 Å². The Morgan fingerprint density at radius 1 is 0.636 bits per heavy atom. The molecule has 0 aromatic heterocycles. The van der Waals surface area contributed by atoms with Gasteiger partial charge in [-0.2, -0.15) is 0 Å². The lowest BCUT2D eigenvalue weighted by atomic mass is 9.94. The van der Waals surface area contributed by atoms with Crippen molar-refractivity contribution in [3.63, 3.8) is 0 Å². The summed E-state index contributed by atoms with van der Waals surface area (Å²) in [4.78, 5) is 0. The minimum atomic E-state index is -0.489. The first-order valence-corrected chi connectivity index (χ1v) is 14.2. The molecular formula is C27H46O6. The first kappa shape index (κ1) is 24.5. The molecule has 3 aliphatic heterocycles. The monoisotopic (exact) mass is 466 g/mol. The Labute approximate surface area is 200 Å². The number of hydrogen-bond donors (Lipinski definition) is 0. The third-order valence-corrected chi connectivity index (χ3v) is 8.38. The number of fused-ring (bicyclic) bond motifs is 3. The van der Waals surface area contributed by atoms with E-state index in [4.69, 9.17) is 28.4 Å². The Morgan fingerprint density at radius 3 is 1.91 bits per heavy atom. The van der Waals surface area contributed by atoms with Crippen LogP contribution in [0, 0.1) is 0 Å². The van der Waals surface area contributed by atoms with Crippen LogP contribution in [0.2, 0.25) is 0 Å². The standard InChI is InChI=1S/C27H46O6/c1-2-3-4-5-6-7-14-19-28-20-21-22-23(31-26(30-22)15-10-8-11-16-26)24-25(29-21)33-27(32-24)17-12-9-13-18-27/h21-25H,2-20H2,1H3/t21-,22+,23+,24-,25+/m1/s1. The second-order valence-electron chi connectivity index (χ2n) is 11.0. The number of hydrogen-bond acceptors (Lipinski definition) is 6. The van der Waals surface area contributed by atoms with Crippen LogP contribution in [0.1, 0.15) is 116 Å². The predicted octanol–water partition coefficient (Wildman–Crippen LogP) is 6.00. The Balaban J connectivity index is 1.17. The molecule has 3 saturated heterocycles. The van der Waals surface area contributed by atoms with Gasteiger partial charge < -0.3 is 28.4 Å². The SMILES string of the molecule is CCCCCCCCCOC[C@H]1O[C@H]2OC3(CCCCC3)O[C@@H]2[C@H]2OC3(CCCCC3)O[C@H]21. The molecule has 5 rings (SSSR count). The fourth-order valence-electron chi connectivity index (χ4n) is 6.53. The zero-order valence-electron chi connectivity index (χ0n) is 20.8. The minimum absolute atomic E-state index is 0.129. The van der Waals surface area contributed by atoms with Crippen LogP contribution in [0.15, 0.2) is 0 Å². The highest BCUT2D eigenvalue weighted by Crippen LogP contribution is 2.50. The highest BCUT2D eigenvalue weighted by molar-refractivity contribution is 5.03. The lowest BCUT2D eigenvalue weighted by Crippen LogP contribution is -2.56. The van der Waals surface area contributed by atoms with E-state index in [-0.39, 0.29) is 30.7 Å². The lowest BCUT2D eigenvalue weighted by molar-refractivity contribution is -0.256. The fraction of sp³-hybridized carbons (Fsp3) is 1.00. The molecule has 0 bridgehead atoms.